The minimum Gasteiger partial charge on any atom is -0.349 e. The van der Waals surface area contributed by atoms with E-state index in [0.717, 1.165) is 37.1 Å². The van der Waals surface area contributed by atoms with Crippen molar-refractivity contribution in [3.8, 4) is 0 Å². The summed E-state index contributed by atoms with van der Waals surface area (Å²) in [6.45, 7) is 7.28. The number of carbonyl (C=O) groups excluding carboxylic acids is 2. The minimum absolute atomic E-state index is 0.0580. The lowest BCUT2D eigenvalue weighted by molar-refractivity contribution is -0.129. The first kappa shape index (κ1) is 26.1. The van der Waals surface area contributed by atoms with Crippen molar-refractivity contribution in [1.29, 1.82) is 0 Å². The van der Waals surface area contributed by atoms with Crippen molar-refractivity contribution in [2.75, 3.05) is 50.8 Å². The molecule has 3 aliphatic rings. The van der Waals surface area contributed by atoms with Gasteiger partial charge in [-0.3, -0.25) is 9.69 Å². The summed E-state index contributed by atoms with van der Waals surface area (Å²) in [6, 6.07) is 20.9. The van der Waals surface area contributed by atoms with E-state index in [4.69, 9.17) is 0 Å². The van der Waals surface area contributed by atoms with Crippen LogP contribution in [0, 0.1) is 0 Å². The highest BCUT2D eigenvalue weighted by Gasteiger charge is 2.44. The van der Waals surface area contributed by atoms with E-state index >= 15 is 0 Å². The lowest BCUT2D eigenvalue weighted by Crippen LogP contribution is -2.56. The van der Waals surface area contributed by atoms with Crippen LogP contribution in [0.25, 0.3) is 0 Å². The van der Waals surface area contributed by atoms with Gasteiger partial charge in [0.2, 0.25) is 5.91 Å². The van der Waals surface area contributed by atoms with Gasteiger partial charge in [0.05, 0.1) is 11.5 Å². The monoisotopic (exact) mass is 520 g/mol. The highest BCUT2D eigenvalue weighted by atomic mass is 32.2. The largest absolute Gasteiger partial charge is 0.349 e. The van der Waals surface area contributed by atoms with Gasteiger partial charge in [0.1, 0.15) is 0 Å². The van der Waals surface area contributed by atoms with Gasteiger partial charge in [-0.15, -0.1) is 0 Å². The first-order valence-electron chi connectivity index (χ1n) is 13.8. The van der Waals surface area contributed by atoms with Crippen LogP contribution in [0.3, 0.4) is 0 Å². The van der Waals surface area contributed by atoms with Crippen molar-refractivity contribution in [3.63, 3.8) is 0 Å². The van der Waals surface area contributed by atoms with Crippen LogP contribution in [0.1, 0.15) is 49.8 Å². The molecule has 198 valence electrons. The number of piperidine rings is 2. The molecule has 2 aromatic carbocycles. The van der Waals surface area contributed by atoms with Crippen molar-refractivity contribution in [1.82, 2.24) is 20.0 Å². The summed E-state index contributed by atoms with van der Waals surface area (Å²) >= 11 is 2.05. The maximum Gasteiger partial charge on any atom is 0.320 e. The zero-order valence-electron chi connectivity index (χ0n) is 22.0. The van der Waals surface area contributed by atoms with Gasteiger partial charge < -0.3 is 15.1 Å². The third kappa shape index (κ3) is 5.83. The topological polar surface area (TPSA) is 55.9 Å². The molecule has 0 saturated carbocycles. The van der Waals surface area contributed by atoms with Gasteiger partial charge in [-0.25, -0.2) is 4.79 Å². The molecule has 7 heteroatoms. The van der Waals surface area contributed by atoms with Crippen molar-refractivity contribution in [2.24, 2.45) is 0 Å². The fourth-order valence-corrected chi connectivity index (χ4v) is 7.14. The van der Waals surface area contributed by atoms with E-state index < -0.39 is 5.41 Å². The molecule has 3 heterocycles. The Kier molecular flexibility index (Phi) is 8.40. The fraction of sp³-hybridized carbons (Fsp3) is 0.533. The van der Waals surface area contributed by atoms with E-state index in [1.807, 2.05) is 64.9 Å². The number of benzene rings is 2. The number of hydrogen-bond donors (Lipinski definition) is 1. The summed E-state index contributed by atoms with van der Waals surface area (Å²) < 4.78 is 0. The molecular weight excluding hydrogens is 480 g/mol. The molecule has 6 nitrogen and oxygen atoms in total. The van der Waals surface area contributed by atoms with Crippen LogP contribution >= 0.6 is 11.8 Å². The number of nitrogens with one attached hydrogen (secondary N) is 1. The molecule has 3 saturated heterocycles. The molecule has 0 aromatic heterocycles. The zero-order chi connectivity index (χ0) is 25.7. The van der Waals surface area contributed by atoms with Crippen molar-refractivity contribution < 1.29 is 9.59 Å². The zero-order valence-corrected chi connectivity index (χ0v) is 22.8. The summed E-state index contributed by atoms with van der Waals surface area (Å²) in [5.41, 5.74) is 1.51. The Morgan fingerprint density at radius 2 is 1.41 bits per heavy atom. The second-order valence-electron chi connectivity index (χ2n) is 10.7. The second kappa shape index (κ2) is 11.9. The predicted octanol–water partition coefficient (Wildman–Crippen LogP) is 4.53. The Labute approximate surface area is 225 Å². The Balaban J connectivity index is 1.22. The standard InChI is InChI=1S/C30H40N4O2S/c1-24(25-8-4-2-5-9-25)31-28(35)30(26-10-6-3-7-11-26)14-18-34(19-15-30)29(36)33-16-12-27(13-17-33)32-20-22-37-23-21-32/h2-11,24,27H,12-23H2,1H3,(H,31,35). The van der Waals surface area contributed by atoms with E-state index in [0.29, 0.717) is 32.0 Å². The smallest absolute Gasteiger partial charge is 0.320 e. The van der Waals surface area contributed by atoms with Crippen LogP contribution in [-0.2, 0) is 10.2 Å². The molecule has 1 atom stereocenters. The SMILES string of the molecule is CC(NC(=O)C1(c2ccccc2)CCN(C(=O)N2CCC(N3CCSCC3)CC2)CC1)c1ccccc1. The van der Waals surface area contributed by atoms with E-state index in [9.17, 15) is 9.59 Å². The lowest BCUT2D eigenvalue weighted by Gasteiger charge is -2.44. The van der Waals surface area contributed by atoms with Gasteiger partial charge in [-0.05, 0) is 43.7 Å². The predicted molar refractivity (Wildman–Crippen MR) is 151 cm³/mol. The summed E-state index contributed by atoms with van der Waals surface area (Å²) in [4.78, 5) is 33.9. The Morgan fingerprint density at radius 3 is 2.03 bits per heavy atom. The molecule has 37 heavy (non-hydrogen) atoms. The molecule has 1 N–H and O–H groups in total. The van der Waals surface area contributed by atoms with E-state index in [1.54, 1.807) is 0 Å². The van der Waals surface area contributed by atoms with Crippen LogP contribution in [0.15, 0.2) is 60.7 Å². The van der Waals surface area contributed by atoms with Crippen LogP contribution in [-0.4, -0.2) is 83.5 Å². The third-order valence-corrected chi connectivity index (χ3v) is 9.54. The Bertz CT molecular complexity index is 1030. The highest BCUT2D eigenvalue weighted by molar-refractivity contribution is 7.99. The molecule has 0 radical (unpaired) electrons. The molecular formula is C30H40N4O2S. The quantitative estimate of drug-likeness (QED) is 0.629. The lowest BCUT2D eigenvalue weighted by atomic mass is 9.71. The van der Waals surface area contributed by atoms with Crippen LogP contribution in [0.4, 0.5) is 4.79 Å². The number of nitrogens with zero attached hydrogens (tertiary/aromatic N) is 3. The number of rotatable bonds is 5. The molecule has 3 amide bonds. The van der Waals surface area contributed by atoms with E-state index in [1.165, 1.54) is 24.6 Å². The summed E-state index contributed by atoms with van der Waals surface area (Å²) in [6.07, 6.45) is 3.41. The maximum absolute atomic E-state index is 13.8. The van der Waals surface area contributed by atoms with Crippen LogP contribution in [0.5, 0.6) is 0 Å². The average Bonchev–Trinajstić information content (AvgIpc) is 2.98. The molecule has 2 aromatic rings. The van der Waals surface area contributed by atoms with Crippen molar-refractivity contribution in [2.45, 2.75) is 50.1 Å². The number of likely N-dealkylation sites (tertiary alicyclic amines) is 2. The maximum atomic E-state index is 13.8. The number of thioether (sulfide) groups is 1. The first-order chi connectivity index (χ1) is 18.1. The summed E-state index contributed by atoms with van der Waals surface area (Å²) in [7, 11) is 0. The summed E-state index contributed by atoms with van der Waals surface area (Å²) in [5.74, 6) is 2.52. The van der Waals surface area contributed by atoms with Gasteiger partial charge in [0.15, 0.2) is 0 Å². The molecule has 1 unspecified atom stereocenters. The number of urea groups is 1. The van der Waals surface area contributed by atoms with Crippen LogP contribution in [0.2, 0.25) is 0 Å². The van der Waals surface area contributed by atoms with Gasteiger partial charge in [-0.1, -0.05) is 60.7 Å². The molecule has 5 rings (SSSR count). The van der Waals surface area contributed by atoms with E-state index in [-0.39, 0.29) is 18.0 Å². The van der Waals surface area contributed by atoms with E-state index in [2.05, 4.69) is 34.5 Å². The van der Waals surface area contributed by atoms with Gasteiger partial charge in [0, 0.05) is 56.8 Å². The Hall–Kier alpha value is -2.51. The van der Waals surface area contributed by atoms with Crippen molar-refractivity contribution in [3.05, 3.63) is 71.8 Å². The molecule has 0 spiro atoms. The first-order valence-corrected chi connectivity index (χ1v) is 15.0. The van der Waals surface area contributed by atoms with Gasteiger partial charge >= 0.3 is 6.03 Å². The fourth-order valence-electron chi connectivity index (χ4n) is 6.21. The molecule has 3 fully saturated rings. The molecule has 3 aliphatic heterocycles. The average molecular weight is 521 g/mol. The molecule has 0 aliphatic carbocycles. The molecule has 0 bridgehead atoms. The number of carbonyl (C=O) groups is 2. The number of amides is 3. The van der Waals surface area contributed by atoms with Crippen LogP contribution < -0.4 is 5.32 Å². The van der Waals surface area contributed by atoms with Crippen molar-refractivity contribution >= 4 is 23.7 Å². The van der Waals surface area contributed by atoms with Gasteiger partial charge in [-0.2, -0.15) is 11.8 Å². The third-order valence-electron chi connectivity index (χ3n) is 8.59. The number of hydrogen-bond acceptors (Lipinski definition) is 4. The van der Waals surface area contributed by atoms with Gasteiger partial charge in [0.25, 0.3) is 0 Å². The minimum atomic E-state index is -0.625. The Morgan fingerprint density at radius 1 is 0.838 bits per heavy atom. The highest BCUT2D eigenvalue weighted by Crippen LogP contribution is 2.37. The normalized spacial score (nSPS) is 21.9. The summed E-state index contributed by atoms with van der Waals surface area (Å²) in [5, 5.41) is 3.29. The second-order valence-corrected chi connectivity index (χ2v) is 11.9.